The van der Waals surface area contributed by atoms with E-state index in [1.54, 1.807) is 0 Å². The number of nitrogens with one attached hydrogen (secondary N) is 1. The van der Waals surface area contributed by atoms with Crippen LogP contribution >= 0.6 is 0 Å². The van der Waals surface area contributed by atoms with Crippen LogP contribution in [0.1, 0.15) is 62.6 Å². The maximum atomic E-state index is 3.72. The van der Waals surface area contributed by atoms with Crippen LogP contribution in [0, 0.1) is 13.8 Å². The summed E-state index contributed by atoms with van der Waals surface area (Å²) < 4.78 is 0. The molecule has 108 valence electrons. The number of hydrogen-bond donors (Lipinski definition) is 1. The molecule has 0 saturated heterocycles. The first-order valence-electron chi connectivity index (χ1n) is 7.96. The predicted octanol–water partition coefficient (Wildman–Crippen LogP) is 4.79. The van der Waals surface area contributed by atoms with Crippen molar-refractivity contribution in [2.45, 2.75) is 72.3 Å². The third-order valence-corrected chi connectivity index (χ3v) is 3.60. The fraction of sp³-hybridized carbons (Fsp3) is 0.667. The molecule has 0 aromatic heterocycles. The lowest BCUT2D eigenvalue weighted by atomic mass is 9.97. The van der Waals surface area contributed by atoms with Crippen molar-refractivity contribution in [1.82, 2.24) is 5.32 Å². The van der Waals surface area contributed by atoms with Crippen molar-refractivity contribution in [3.05, 3.63) is 34.9 Å². The first-order valence-corrected chi connectivity index (χ1v) is 7.96. The summed E-state index contributed by atoms with van der Waals surface area (Å²) in [7, 11) is 0. The van der Waals surface area contributed by atoms with Gasteiger partial charge in [0.15, 0.2) is 0 Å². The lowest BCUT2D eigenvalue weighted by Gasteiger charge is -2.19. The van der Waals surface area contributed by atoms with E-state index in [-0.39, 0.29) is 0 Å². The summed E-state index contributed by atoms with van der Waals surface area (Å²) in [6.07, 6.45) is 7.72. The van der Waals surface area contributed by atoms with Gasteiger partial charge in [-0.15, -0.1) is 0 Å². The molecule has 0 amide bonds. The molecule has 1 unspecified atom stereocenters. The number of aryl methyl sites for hydroxylation is 2. The molecule has 0 aliphatic carbocycles. The smallest absolute Gasteiger partial charge is 0.0107 e. The van der Waals surface area contributed by atoms with Gasteiger partial charge in [0.1, 0.15) is 0 Å². The topological polar surface area (TPSA) is 12.0 Å². The molecule has 1 atom stereocenters. The first-order chi connectivity index (χ1) is 9.15. The van der Waals surface area contributed by atoms with E-state index < -0.39 is 0 Å². The van der Waals surface area contributed by atoms with Gasteiger partial charge in [-0.2, -0.15) is 0 Å². The average Bonchev–Trinajstić information content (AvgIpc) is 2.34. The molecular formula is C18H31N. The van der Waals surface area contributed by atoms with E-state index in [0.29, 0.717) is 6.04 Å². The molecule has 0 saturated carbocycles. The molecule has 0 heterocycles. The Hall–Kier alpha value is -0.820. The van der Waals surface area contributed by atoms with Crippen LogP contribution in [0.2, 0.25) is 0 Å². The van der Waals surface area contributed by atoms with E-state index in [4.69, 9.17) is 0 Å². The van der Waals surface area contributed by atoms with Crippen LogP contribution in [-0.4, -0.2) is 12.6 Å². The molecule has 19 heavy (non-hydrogen) atoms. The number of rotatable bonds is 9. The van der Waals surface area contributed by atoms with E-state index in [0.717, 1.165) is 6.54 Å². The van der Waals surface area contributed by atoms with Crippen molar-refractivity contribution in [3.63, 3.8) is 0 Å². The molecule has 1 nitrogen and oxygen atoms in total. The van der Waals surface area contributed by atoms with Gasteiger partial charge in [-0.25, -0.2) is 0 Å². The SMILES string of the molecule is CCCCCC(Cc1cc(C)cc(C)c1)NCCC. The van der Waals surface area contributed by atoms with Gasteiger partial charge in [0.25, 0.3) is 0 Å². The summed E-state index contributed by atoms with van der Waals surface area (Å²) >= 11 is 0. The van der Waals surface area contributed by atoms with Crippen LogP contribution in [0.5, 0.6) is 0 Å². The van der Waals surface area contributed by atoms with Crippen LogP contribution in [0.15, 0.2) is 18.2 Å². The van der Waals surface area contributed by atoms with Crippen molar-refractivity contribution in [3.8, 4) is 0 Å². The molecule has 0 fully saturated rings. The predicted molar refractivity (Wildman–Crippen MR) is 85.8 cm³/mol. The molecule has 1 aromatic carbocycles. The van der Waals surface area contributed by atoms with Gasteiger partial charge < -0.3 is 5.32 Å². The Bertz CT molecular complexity index is 336. The second kappa shape index (κ2) is 9.14. The molecule has 0 aliphatic rings. The van der Waals surface area contributed by atoms with Crippen molar-refractivity contribution in [2.75, 3.05) is 6.54 Å². The summed E-state index contributed by atoms with van der Waals surface area (Å²) in [4.78, 5) is 0. The van der Waals surface area contributed by atoms with E-state index in [1.165, 1.54) is 55.2 Å². The highest BCUT2D eigenvalue weighted by Crippen LogP contribution is 2.14. The fourth-order valence-corrected chi connectivity index (χ4v) is 2.74. The molecule has 0 bridgehead atoms. The van der Waals surface area contributed by atoms with Gasteiger partial charge in [0.05, 0.1) is 0 Å². The van der Waals surface area contributed by atoms with Crippen molar-refractivity contribution in [1.29, 1.82) is 0 Å². The molecule has 1 N–H and O–H groups in total. The lowest BCUT2D eigenvalue weighted by molar-refractivity contribution is 0.456. The van der Waals surface area contributed by atoms with Gasteiger partial charge in [-0.3, -0.25) is 0 Å². The average molecular weight is 261 g/mol. The summed E-state index contributed by atoms with van der Waals surface area (Å²) in [5.74, 6) is 0. The van der Waals surface area contributed by atoms with Gasteiger partial charge in [-0.05, 0) is 45.2 Å². The Labute approximate surface area is 119 Å². The number of hydrogen-bond acceptors (Lipinski definition) is 1. The minimum absolute atomic E-state index is 0.646. The quantitative estimate of drug-likeness (QED) is 0.630. The zero-order valence-electron chi connectivity index (χ0n) is 13.3. The van der Waals surface area contributed by atoms with Crippen molar-refractivity contribution >= 4 is 0 Å². The van der Waals surface area contributed by atoms with Gasteiger partial charge in [0.2, 0.25) is 0 Å². The first kappa shape index (κ1) is 16.2. The molecule has 1 aromatic rings. The molecule has 0 radical (unpaired) electrons. The molecule has 1 rings (SSSR count). The zero-order chi connectivity index (χ0) is 14.1. The van der Waals surface area contributed by atoms with Gasteiger partial charge in [-0.1, -0.05) is 62.4 Å². The van der Waals surface area contributed by atoms with Crippen LogP contribution in [0.25, 0.3) is 0 Å². The van der Waals surface area contributed by atoms with Crippen molar-refractivity contribution in [2.24, 2.45) is 0 Å². The molecule has 0 aliphatic heterocycles. The molecule has 0 spiro atoms. The Kier molecular flexibility index (Phi) is 7.81. The maximum Gasteiger partial charge on any atom is 0.0107 e. The largest absolute Gasteiger partial charge is 0.314 e. The van der Waals surface area contributed by atoms with E-state index >= 15 is 0 Å². The number of benzene rings is 1. The second-order valence-electron chi connectivity index (χ2n) is 5.85. The maximum absolute atomic E-state index is 3.72. The minimum atomic E-state index is 0.646. The van der Waals surface area contributed by atoms with Crippen molar-refractivity contribution < 1.29 is 0 Å². The summed E-state index contributed by atoms with van der Waals surface area (Å²) in [6, 6.07) is 7.59. The molecule has 1 heteroatoms. The highest BCUT2D eigenvalue weighted by molar-refractivity contribution is 5.29. The Balaban J connectivity index is 2.58. The Morgan fingerprint density at radius 2 is 1.63 bits per heavy atom. The van der Waals surface area contributed by atoms with E-state index in [2.05, 4.69) is 51.2 Å². The van der Waals surface area contributed by atoms with Crippen LogP contribution in [-0.2, 0) is 6.42 Å². The van der Waals surface area contributed by atoms with Gasteiger partial charge in [0, 0.05) is 6.04 Å². The normalized spacial score (nSPS) is 12.6. The summed E-state index contributed by atoms with van der Waals surface area (Å²) in [6.45, 7) is 10.1. The minimum Gasteiger partial charge on any atom is -0.314 e. The summed E-state index contributed by atoms with van der Waals surface area (Å²) in [5, 5.41) is 3.72. The van der Waals surface area contributed by atoms with Gasteiger partial charge >= 0.3 is 0 Å². The van der Waals surface area contributed by atoms with E-state index in [1.807, 2.05) is 0 Å². The number of unbranched alkanes of at least 4 members (excludes halogenated alkanes) is 2. The molecular weight excluding hydrogens is 230 g/mol. The second-order valence-corrected chi connectivity index (χ2v) is 5.85. The third kappa shape index (κ3) is 6.77. The zero-order valence-corrected chi connectivity index (χ0v) is 13.3. The standard InChI is InChI=1S/C18H31N/c1-5-7-8-9-18(19-10-6-2)14-17-12-15(3)11-16(4)13-17/h11-13,18-19H,5-10,14H2,1-4H3. The Morgan fingerprint density at radius 3 is 2.21 bits per heavy atom. The monoisotopic (exact) mass is 261 g/mol. The fourth-order valence-electron chi connectivity index (χ4n) is 2.74. The van der Waals surface area contributed by atoms with Crippen LogP contribution in [0.3, 0.4) is 0 Å². The lowest BCUT2D eigenvalue weighted by Crippen LogP contribution is -2.31. The van der Waals surface area contributed by atoms with Crippen LogP contribution < -0.4 is 5.32 Å². The highest BCUT2D eigenvalue weighted by Gasteiger charge is 2.09. The van der Waals surface area contributed by atoms with E-state index in [9.17, 15) is 0 Å². The third-order valence-electron chi connectivity index (χ3n) is 3.60. The Morgan fingerprint density at radius 1 is 0.947 bits per heavy atom. The summed E-state index contributed by atoms with van der Waals surface area (Å²) in [5.41, 5.74) is 4.26. The highest BCUT2D eigenvalue weighted by atomic mass is 14.9. The van der Waals surface area contributed by atoms with Crippen LogP contribution in [0.4, 0.5) is 0 Å².